The van der Waals surface area contributed by atoms with Gasteiger partial charge in [0, 0.05) is 18.3 Å². The summed E-state index contributed by atoms with van der Waals surface area (Å²) in [6.07, 6.45) is 2.93. The second-order valence-corrected chi connectivity index (χ2v) is 4.50. The van der Waals surface area contributed by atoms with E-state index in [1.165, 1.54) is 6.42 Å². The fourth-order valence-electron chi connectivity index (χ4n) is 1.09. The van der Waals surface area contributed by atoms with Crippen molar-refractivity contribution in [3.8, 4) is 0 Å². The van der Waals surface area contributed by atoms with Gasteiger partial charge in [-0.2, -0.15) is 11.8 Å². The van der Waals surface area contributed by atoms with Crippen molar-refractivity contribution in [2.24, 2.45) is 0 Å². The highest BCUT2D eigenvalue weighted by Crippen LogP contribution is 2.11. The average molecular weight is 213 g/mol. The van der Waals surface area contributed by atoms with Gasteiger partial charge in [-0.05, 0) is 25.5 Å². The maximum atomic E-state index is 5.24. The van der Waals surface area contributed by atoms with Crippen LogP contribution < -0.4 is 5.32 Å². The van der Waals surface area contributed by atoms with Crippen molar-refractivity contribution in [1.82, 2.24) is 5.32 Å². The maximum absolute atomic E-state index is 5.24. The number of thioether (sulfide) groups is 1. The molecule has 0 radical (unpaired) electrons. The van der Waals surface area contributed by atoms with Crippen LogP contribution in [0.25, 0.3) is 0 Å². The molecular weight excluding hydrogens is 194 g/mol. The highest BCUT2D eigenvalue weighted by atomic mass is 32.2. The van der Waals surface area contributed by atoms with E-state index < -0.39 is 0 Å². The van der Waals surface area contributed by atoms with E-state index in [9.17, 15) is 0 Å². The molecule has 1 N–H and O–H groups in total. The smallest absolute Gasteiger partial charge is 0.113 e. The topological polar surface area (TPSA) is 25.2 Å². The summed E-state index contributed by atoms with van der Waals surface area (Å²) in [6, 6.07) is 4.60. The SMILES string of the molecule is CCC(C)NCCSCc1ccco1. The van der Waals surface area contributed by atoms with Gasteiger partial charge in [0.1, 0.15) is 5.76 Å². The maximum Gasteiger partial charge on any atom is 0.113 e. The summed E-state index contributed by atoms with van der Waals surface area (Å²) in [5.41, 5.74) is 0. The van der Waals surface area contributed by atoms with Crippen molar-refractivity contribution in [3.05, 3.63) is 24.2 Å². The largest absolute Gasteiger partial charge is 0.468 e. The van der Waals surface area contributed by atoms with Crippen LogP contribution in [0.4, 0.5) is 0 Å². The predicted molar refractivity (Wildman–Crippen MR) is 62.6 cm³/mol. The zero-order chi connectivity index (χ0) is 10.2. The van der Waals surface area contributed by atoms with Gasteiger partial charge in [0.25, 0.3) is 0 Å². The molecule has 0 aliphatic heterocycles. The molecule has 0 aromatic carbocycles. The molecule has 1 aromatic heterocycles. The molecule has 1 rings (SSSR count). The summed E-state index contributed by atoms with van der Waals surface area (Å²) < 4.78 is 5.24. The van der Waals surface area contributed by atoms with Crippen molar-refractivity contribution in [3.63, 3.8) is 0 Å². The van der Waals surface area contributed by atoms with Crippen LogP contribution in [0.2, 0.25) is 0 Å². The molecule has 2 nitrogen and oxygen atoms in total. The second-order valence-electron chi connectivity index (χ2n) is 3.40. The van der Waals surface area contributed by atoms with Gasteiger partial charge in [0.05, 0.1) is 12.0 Å². The van der Waals surface area contributed by atoms with Crippen molar-refractivity contribution in [2.45, 2.75) is 32.1 Å². The number of furan rings is 1. The van der Waals surface area contributed by atoms with E-state index in [1.54, 1.807) is 6.26 Å². The number of nitrogens with one attached hydrogen (secondary N) is 1. The van der Waals surface area contributed by atoms with Crippen molar-refractivity contribution in [2.75, 3.05) is 12.3 Å². The number of hydrogen-bond acceptors (Lipinski definition) is 3. The Morgan fingerprint density at radius 1 is 1.57 bits per heavy atom. The Balaban J connectivity index is 1.95. The molecular formula is C11H19NOS. The van der Waals surface area contributed by atoms with E-state index in [0.717, 1.165) is 23.8 Å². The van der Waals surface area contributed by atoms with Crippen LogP contribution in [-0.2, 0) is 5.75 Å². The average Bonchev–Trinajstić information content (AvgIpc) is 2.69. The van der Waals surface area contributed by atoms with Gasteiger partial charge in [0.15, 0.2) is 0 Å². The Labute approximate surface area is 90.5 Å². The Hall–Kier alpha value is -0.410. The molecule has 0 aliphatic carbocycles. The zero-order valence-corrected chi connectivity index (χ0v) is 9.77. The van der Waals surface area contributed by atoms with Gasteiger partial charge < -0.3 is 9.73 Å². The third kappa shape index (κ3) is 4.72. The first kappa shape index (κ1) is 11.7. The molecule has 14 heavy (non-hydrogen) atoms. The standard InChI is InChI=1S/C11H19NOS/c1-3-10(2)12-6-8-14-9-11-5-4-7-13-11/h4-5,7,10,12H,3,6,8-9H2,1-2H3. The van der Waals surface area contributed by atoms with Gasteiger partial charge in [-0.25, -0.2) is 0 Å². The van der Waals surface area contributed by atoms with E-state index in [4.69, 9.17) is 4.42 Å². The Morgan fingerprint density at radius 3 is 3.07 bits per heavy atom. The minimum Gasteiger partial charge on any atom is -0.468 e. The molecule has 80 valence electrons. The highest BCUT2D eigenvalue weighted by molar-refractivity contribution is 7.98. The molecule has 0 fully saturated rings. The van der Waals surface area contributed by atoms with Gasteiger partial charge in [-0.15, -0.1) is 0 Å². The second kappa shape index (κ2) is 6.96. The third-order valence-corrected chi connectivity index (χ3v) is 3.16. The Bertz CT molecular complexity index is 223. The lowest BCUT2D eigenvalue weighted by molar-refractivity contribution is 0.530. The lowest BCUT2D eigenvalue weighted by Gasteiger charge is -2.09. The summed E-state index contributed by atoms with van der Waals surface area (Å²) in [7, 11) is 0. The van der Waals surface area contributed by atoms with Crippen LogP contribution in [0.15, 0.2) is 22.8 Å². The van der Waals surface area contributed by atoms with Crippen LogP contribution >= 0.6 is 11.8 Å². The van der Waals surface area contributed by atoms with Crippen LogP contribution in [-0.4, -0.2) is 18.3 Å². The van der Waals surface area contributed by atoms with Crippen molar-refractivity contribution in [1.29, 1.82) is 0 Å². The Kier molecular flexibility index (Phi) is 5.80. The molecule has 0 aliphatic rings. The summed E-state index contributed by atoms with van der Waals surface area (Å²) in [5.74, 6) is 3.19. The molecule has 0 amide bonds. The van der Waals surface area contributed by atoms with Crippen LogP contribution in [0, 0.1) is 0 Å². The lowest BCUT2D eigenvalue weighted by atomic mass is 10.3. The van der Waals surface area contributed by atoms with Gasteiger partial charge in [0.2, 0.25) is 0 Å². The first-order valence-corrected chi connectivity index (χ1v) is 6.32. The molecule has 1 atom stereocenters. The number of rotatable bonds is 7. The molecule has 1 unspecified atom stereocenters. The molecule has 0 saturated heterocycles. The normalized spacial score (nSPS) is 13.0. The number of hydrogen-bond donors (Lipinski definition) is 1. The molecule has 0 spiro atoms. The molecule has 3 heteroatoms. The van der Waals surface area contributed by atoms with E-state index in [-0.39, 0.29) is 0 Å². The summed E-state index contributed by atoms with van der Waals surface area (Å²) in [4.78, 5) is 0. The van der Waals surface area contributed by atoms with Crippen LogP contribution in [0.1, 0.15) is 26.0 Å². The molecule has 1 heterocycles. The minimum absolute atomic E-state index is 0.638. The summed E-state index contributed by atoms with van der Waals surface area (Å²) in [5, 5.41) is 3.46. The van der Waals surface area contributed by atoms with Crippen molar-refractivity contribution >= 4 is 11.8 Å². The van der Waals surface area contributed by atoms with E-state index in [1.807, 2.05) is 23.9 Å². The van der Waals surface area contributed by atoms with Gasteiger partial charge in [-0.3, -0.25) is 0 Å². The van der Waals surface area contributed by atoms with E-state index in [2.05, 4.69) is 19.2 Å². The summed E-state index contributed by atoms with van der Waals surface area (Å²) in [6.45, 7) is 5.51. The van der Waals surface area contributed by atoms with Gasteiger partial charge >= 0.3 is 0 Å². The summed E-state index contributed by atoms with van der Waals surface area (Å²) >= 11 is 1.91. The monoisotopic (exact) mass is 213 g/mol. The molecule has 0 bridgehead atoms. The Morgan fingerprint density at radius 2 is 2.43 bits per heavy atom. The van der Waals surface area contributed by atoms with E-state index >= 15 is 0 Å². The van der Waals surface area contributed by atoms with Crippen LogP contribution in [0.5, 0.6) is 0 Å². The lowest BCUT2D eigenvalue weighted by Crippen LogP contribution is -2.27. The minimum atomic E-state index is 0.638. The first-order chi connectivity index (χ1) is 6.83. The predicted octanol–water partition coefficient (Wildman–Crippen LogP) is 2.90. The van der Waals surface area contributed by atoms with E-state index in [0.29, 0.717) is 6.04 Å². The fourth-order valence-corrected chi connectivity index (χ4v) is 1.86. The fraction of sp³-hybridized carbons (Fsp3) is 0.636. The highest BCUT2D eigenvalue weighted by Gasteiger charge is 1.98. The quantitative estimate of drug-likeness (QED) is 0.705. The van der Waals surface area contributed by atoms with Crippen molar-refractivity contribution < 1.29 is 4.42 Å². The molecule has 1 aromatic rings. The first-order valence-electron chi connectivity index (χ1n) is 5.16. The van der Waals surface area contributed by atoms with Gasteiger partial charge in [-0.1, -0.05) is 6.92 Å². The van der Waals surface area contributed by atoms with Crippen LogP contribution in [0.3, 0.4) is 0 Å². The third-order valence-electron chi connectivity index (χ3n) is 2.18. The zero-order valence-electron chi connectivity index (χ0n) is 8.95. The molecule has 0 saturated carbocycles.